The van der Waals surface area contributed by atoms with Crippen LogP contribution in [0.4, 0.5) is 4.79 Å². The molecule has 8 heteroatoms. The van der Waals surface area contributed by atoms with E-state index in [2.05, 4.69) is 10.6 Å². The zero-order valence-corrected chi connectivity index (χ0v) is 15.0. The maximum atomic E-state index is 11.7. The predicted octanol–water partition coefficient (Wildman–Crippen LogP) is 0.702. The molecule has 0 bridgehead atoms. The highest BCUT2D eigenvalue weighted by Gasteiger charge is 2.28. The molecule has 8 nitrogen and oxygen atoms in total. The maximum absolute atomic E-state index is 11.7. The first-order chi connectivity index (χ1) is 12.6. The van der Waals surface area contributed by atoms with Gasteiger partial charge in [0.2, 0.25) is 11.8 Å². The van der Waals surface area contributed by atoms with Gasteiger partial charge in [0.1, 0.15) is 5.75 Å². The summed E-state index contributed by atoms with van der Waals surface area (Å²) in [5.74, 6) is 0.513. The third-order valence-electron chi connectivity index (χ3n) is 4.00. The number of benzene rings is 1. The molecule has 0 unspecified atom stereocenters. The molecule has 0 aromatic heterocycles. The van der Waals surface area contributed by atoms with Crippen molar-refractivity contribution in [2.45, 2.75) is 19.3 Å². The van der Waals surface area contributed by atoms with Gasteiger partial charge >= 0.3 is 6.03 Å². The van der Waals surface area contributed by atoms with Crippen LogP contribution in [-0.2, 0) is 20.7 Å². The van der Waals surface area contributed by atoms with Crippen LogP contribution in [-0.4, -0.2) is 62.7 Å². The van der Waals surface area contributed by atoms with E-state index in [-0.39, 0.29) is 43.8 Å². The molecular weight excluding hydrogens is 338 g/mol. The number of methoxy groups -OCH3 is 1. The molecule has 2 N–H and O–H groups in total. The second kappa shape index (κ2) is 10.4. The molecule has 2 rings (SSSR count). The fraction of sp³-hybridized carbons (Fsp3) is 0.500. The number of imide groups is 1. The van der Waals surface area contributed by atoms with Crippen LogP contribution in [0.3, 0.4) is 0 Å². The molecule has 0 saturated carbocycles. The van der Waals surface area contributed by atoms with Crippen molar-refractivity contribution in [2.75, 3.05) is 40.0 Å². The normalized spacial score (nSPS) is 13.8. The van der Waals surface area contributed by atoms with E-state index >= 15 is 0 Å². The fourth-order valence-electron chi connectivity index (χ4n) is 2.54. The first-order valence-corrected chi connectivity index (χ1v) is 8.65. The number of hydrogen-bond donors (Lipinski definition) is 2. The molecule has 1 aromatic rings. The molecule has 1 aliphatic rings. The summed E-state index contributed by atoms with van der Waals surface area (Å²) in [4.78, 5) is 35.7. The molecule has 0 spiro atoms. The Morgan fingerprint density at radius 2 is 1.69 bits per heavy atom. The van der Waals surface area contributed by atoms with Crippen molar-refractivity contribution in [3.63, 3.8) is 0 Å². The molecular formula is C18H25N3O5. The molecule has 0 atom stereocenters. The lowest BCUT2D eigenvalue weighted by Gasteiger charge is -2.13. The number of amides is 4. The van der Waals surface area contributed by atoms with E-state index in [1.807, 2.05) is 24.3 Å². The maximum Gasteiger partial charge on any atom is 0.314 e. The standard InChI is InChI=1S/C18H25N3O5/c1-25-15-4-2-14(3-5-15)8-9-19-18(24)20-10-12-26-13-11-21-16(22)6-7-17(21)23/h2-5H,6-13H2,1H3,(H2,19,20,24). The summed E-state index contributed by atoms with van der Waals surface area (Å²) >= 11 is 0. The van der Waals surface area contributed by atoms with Gasteiger partial charge in [-0.15, -0.1) is 0 Å². The van der Waals surface area contributed by atoms with Crippen LogP contribution in [0.1, 0.15) is 18.4 Å². The van der Waals surface area contributed by atoms with Crippen molar-refractivity contribution in [2.24, 2.45) is 0 Å². The van der Waals surface area contributed by atoms with Gasteiger partial charge in [0, 0.05) is 25.9 Å². The number of urea groups is 1. The molecule has 1 heterocycles. The van der Waals surface area contributed by atoms with Crippen LogP contribution in [0.25, 0.3) is 0 Å². The summed E-state index contributed by atoms with van der Waals surface area (Å²) in [6.45, 7) is 1.75. The molecule has 0 aliphatic carbocycles. The predicted molar refractivity (Wildman–Crippen MR) is 94.9 cm³/mol. The Hall–Kier alpha value is -2.61. The van der Waals surface area contributed by atoms with Crippen molar-refractivity contribution in [3.05, 3.63) is 29.8 Å². The summed E-state index contributed by atoms with van der Waals surface area (Å²) in [6.07, 6.45) is 1.31. The van der Waals surface area contributed by atoms with Gasteiger partial charge in [0.25, 0.3) is 0 Å². The fourth-order valence-corrected chi connectivity index (χ4v) is 2.54. The first kappa shape index (κ1) is 19.7. The highest BCUT2D eigenvalue weighted by Crippen LogP contribution is 2.11. The lowest BCUT2D eigenvalue weighted by molar-refractivity contribution is -0.139. The molecule has 1 aliphatic heterocycles. The third-order valence-corrected chi connectivity index (χ3v) is 4.00. The quantitative estimate of drug-likeness (QED) is 0.471. The number of nitrogens with zero attached hydrogens (tertiary/aromatic N) is 1. The summed E-state index contributed by atoms with van der Waals surface area (Å²) in [5, 5.41) is 5.46. The topological polar surface area (TPSA) is 97.0 Å². The number of nitrogens with one attached hydrogen (secondary N) is 2. The van der Waals surface area contributed by atoms with Crippen molar-refractivity contribution in [3.8, 4) is 5.75 Å². The van der Waals surface area contributed by atoms with E-state index in [1.54, 1.807) is 7.11 Å². The molecule has 4 amide bonds. The third kappa shape index (κ3) is 6.36. The molecule has 26 heavy (non-hydrogen) atoms. The SMILES string of the molecule is COc1ccc(CCNC(=O)NCCOCCN2C(=O)CCC2=O)cc1. The molecule has 1 saturated heterocycles. The zero-order chi connectivity index (χ0) is 18.8. The van der Waals surface area contributed by atoms with Gasteiger partial charge in [-0.1, -0.05) is 12.1 Å². The van der Waals surface area contributed by atoms with Crippen LogP contribution in [0.15, 0.2) is 24.3 Å². The van der Waals surface area contributed by atoms with Crippen LogP contribution in [0, 0.1) is 0 Å². The zero-order valence-electron chi connectivity index (χ0n) is 15.0. The van der Waals surface area contributed by atoms with E-state index < -0.39 is 0 Å². The van der Waals surface area contributed by atoms with Gasteiger partial charge in [-0.05, 0) is 24.1 Å². The Labute approximate surface area is 152 Å². The van der Waals surface area contributed by atoms with E-state index in [0.29, 0.717) is 19.7 Å². The van der Waals surface area contributed by atoms with Crippen molar-refractivity contribution in [1.29, 1.82) is 0 Å². The number of carbonyl (C=O) groups excluding carboxylic acids is 3. The van der Waals surface area contributed by atoms with Crippen LogP contribution in [0.5, 0.6) is 5.75 Å². The summed E-state index contributed by atoms with van der Waals surface area (Å²) in [7, 11) is 1.62. The first-order valence-electron chi connectivity index (χ1n) is 8.65. The lowest BCUT2D eigenvalue weighted by atomic mass is 10.1. The average Bonchev–Trinajstić information content (AvgIpc) is 2.97. The highest BCUT2D eigenvalue weighted by atomic mass is 16.5. The van der Waals surface area contributed by atoms with E-state index in [0.717, 1.165) is 17.7 Å². The Morgan fingerprint density at radius 1 is 1.04 bits per heavy atom. The largest absolute Gasteiger partial charge is 0.497 e. The summed E-state index contributed by atoms with van der Waals surface area (Å²) in [5.41, 5.74) is 1.11. The molecule has 1 aromatic carbocycles. The monoisotopic (exact) mass is 363 g/mol. The molecule has 0 radical (unpaired) electrons. The average molecular weight is 363 g/mol. The van der Waals surface area contributed by atoms with Crippen molar-refractivity contribution < 1.29 is 23.9 Å². The Balaban J connectivity index is 1.48. The van der Waals surface area contributed by atoms with Crippen LogP contribution >= 0.6 is 0 Å². The van der Waals surface area contributed by atoms with Crippen molar-refractivity contribution >= 4 is 17.8 Å². The number of ether oxygens (including phenoxy) is 2. The Morgan fingerprint density at radius 3 is 2.35 bits per heavy atom. The van der Waals surface area contributed by atoms with Gasteiger partial charge in [0.05, 0.1) is 26.9 Å². The van der Waals surface area contributed by atoms with E-state index in [4.69, 9.17) is 9.47 Å². The van der Waals surface area contributed by atoms with E-state index in [1.165, 1.54) is 4.90 Å². The Kier molecular flexibility index (Phi) is 7.88. The van der Waals surface area contributed by atoms with Gasteiger partial charge in [-0.2, -0.15) is 0 Å². The van der Waals surface area contributed by atoms with Crippen molar-refractivity contribution in [1.82, 2.24) is 15.5 Å². The smallest absolute Gasteiger partial charge is 0.314 e. The van der Waals surface area contributed by atoms with Crippen LogP contribution < -0.4 is 15.4 Å². The van der Waals surface area contributed by atoms with Gasteiger partial charge in [-0.3, -0.25) is 14.5 Å². The van der Waals surface area contributed by atoms with Crippen LogP contribution in [0.2, 0.25) is 0 Å². The second-order valence-electron chi connectivity index (χ2n) is 5.83. The summed E-state index contributed by atoms with van der Waals surface area (Å²) < 4.78 is 10.4. The van der Waals surface area contributed by atoms with Gasteiger partial charge in [0.15, 0.2) is 0 Å². The van der Waals surface area contributed by atoms with E-state index in [9.17, 15) is 14.4 Å². The lowest BCUT2D eigenvalue weighted by Crippen LogP contribution is -2.38. The minimum Gasteiger partial charge on any atom is -0.497 e. The number of likely N-dealkylation sites (tertiary alicyclic amines) is 1. The summed E-state index contributed by atoms with van der Waals surface area (Å²) in [6, 6.07) is 7.43. The van der Waals surface area contributed by atoms with Gasteiger partial charge < -0.3 is 20.1 Å². The molecule has 1 fully saturated rings. The Bertz CT molecular complexity index is 602. The number of hydrogen-bond acceptors (Lipinski definition) is 5. The second-order valence-corrected chi connectivity index (χ2v) is 5.83. The molecule has 142 valence electrons. The number of rotatable bonds is 10. The number of carbonyl (C=O) groups is 3. The highest BCUT2D eigenvalue weighted by molar-refractivity contribution is 6.01. The minimum absolute atomic E-state index is 0.145. The minimum atomic E-state index is -0.257. The van der Waals surface area contributed by atoms with Gasteiger partial charge in [-0.25, -0.2) is 4.79 Å².